The number of anilines is 1. The van der Waals surface area contributed by atoms with Gasteiger partial charge >= 0.3 is 6.18 Å². The van der Waals surface area contributed by atoms with Crippen molar-refractivity contribution in [3.63, 3.8) is 0 Å². The highest BCUT2D eigenvalue weighted by molar-refractivity contribution is 7.89. The van der Waals surface area contributed by atoms with Crippen LogP contribution in [0.4, 0.5) is 18.9 Å². The quantitative estimate of drug-likeness (QED) is 0.745. The van der Waals surface area contributed by atoms with Crippen LogP contribution in [0.25, 0.3) is 0 Å². The summed E-state index contributed by atoms with van der Waals surface area (Å²) < 4.78 is 64.3. The Morgan fingerprint density at radius 2 is 2.04 bits per heavy atom. The van der Waals surface area contributed by atoms with Gasteiger partial charge in [0, 0.05) is 11.7 Å². The standard InChI is InChI=1S/C14H17F3N6O2S/c1-9-11(3-2-4-12(9)26(24,25)21-10-5-6-10)18-7-13-19-22-23(20-13)8-14(15,16)17/h2-4,10,18,21H,5-8H2,1H3. The molecule has 1 aliphatic carbocycles. The number of sulfonamides is 1. The van der Waals surface area contributed by atoms with Gasteiger partial charge in [0.05, 0.1) is 11.4 Å². The van der Waals surface area contributed by atoms with Crippen LogP contribution in [0.5, 0.6) is 0 Å². The Labute approximate surface area is 147 Å². The number of hydrogen-bond donors (Lipinski definition) is 2. The summed E-state index contributed by atoms with van der Waals surface area (Å²) in [6, 6.07) is 4.75. The molecule has 142 valence electrons. The number of tetrazole rings is 1. The zero-order valence-electron chi connectivity index (χ0n) is 13.8. The highest BCUT2D eigenvalue weighted by Gasteiger charge is 2.30. The van der Waals surface area contributed by atoms with Crippen LogP contribution in [0, 0.1) is 6.92 Å². The lowest BCUT2D eigenvalue weighted by Gasteiger charge is -2.13. The van der Waals surface area contributed by atoms with E-state index in [1.807, 2.05) is 0 Å². The predicted octanol–water partition coefficient (Wildman–Crippen LogP) is 1.60. The maximum Gasteiger partial charge on any atom is 0.409 e. The highest BCUT2D eigenvalue weighted by atomic mass is 32.2. The average Bonchev–Trinajstić information content (AvgIpc) is 3.21. The van der Waals surface area contributed by atoms with Crippen molar-refractivity contribution in [2.75, 3.05) is 5.32 Å². The first-order valence-electron chi connectivity index (χ1n) is 7.83. The number of hydrogen-bond acceptors (Lipinski definition) is 6. The molecule has 2 aromatic rings. The van der Waals surface area contributed by atoms with Crippen molar-refractivity contribution in [1.29, 1.82) is 0 Å². The third kappa shape index (κ3) is 4.69. The summed E-state index contributed by atoms with van der Waals surface area (Å²) >= 11 is 0. The van der Waals surface area contributed by atoms with E-state index in [1.54, 1.807) is 19.1 Å². The number of aromatic nitrogens is 4. The summed E-state index contributed by atoms with van der Waals surface area (Å²) in [5, 5.41) is 13.5. The van der Waals surface area contributed by atoms with Crippen molar-refractivity contribution in [2.24, 2.45) is 0 Å². The van der Waals surface area contributed by atoms with Crippen LogP contribution in [0.15, 0.2) is 23.1 Å². The molecule has 12 heteroatoms. The van der Waals surface area contributed by atoms with Gasteiger partial charge in [0.25, 0.3) is 0 Å². The molecule has 8 nitrogen and oxygen atoms in total. The molecule has 0 aliphatic heterocycles. The molecule has 3 rings (SSSR count). The van der Waals surface area contributed by atoms with Crippen LogP contribution in [0.1, 0.15) is 24.2 Å². The number of nitrogens with one attached hydrogen (secondary N) is 2. The van der Waals surface area contributed by atoms with Crippen LogP contribution in [-0.4, -0.2) is 40.8 Å². The van der Waals surface area contributed by atoms with Crippen molar-refractivity contribution < 1.29 is 21.6 Å². The molecule has 2 N–H and O–H groups in total. The number of alkyl halides is 3. The van der Waals surface area contributed by atoms with Gasteiger partial charge in [-0.25, -0.2) is 13.1 Å². The molecule has 0 amide bonds. The smallest absolute Gasteiger partial charge is 0.377 e. The Bertz CT molecular complexity index is 892. The third-order valence-electron chi connectivity index (χ3n) is 3.72. The van der Waals surface area contributed by atoms with Crippen molar-refractivity contribution in [3.05, 3.63) is 29.6 Å². The SMILES string of the molecule is Cc1c(NCc2nnn(CC(F)(F)F)n2)cccc1S(=O)(=O)NC1CC1. The van der Waals surface area contributed by atoms with Gasteiger partial charge in [0.1, 0.15) is 0 Å². The summed E-state index contributed by atoms with van der Waals surface area (Å²) in [7, 11) is -3.61. The zero-order chi connectivity index (χ0) is 18.9. The fourth-order valence-electron chi connectivity index (χ4n) is 2.33. The largest absolute Gasteiger partial charge is 0.409 e. The Hall–Kier alpha value is -2.21. The molecule has 26 heavy (non-hydrogen) atoms. The Morgan fingerprint density at radius 1 is 1.31 bits per heavy atom. The normalized spacial score (nSPS) is 15.2. The molecular formula is C14H17F3N6O2S. The van der Waals surface area contributed by atoms with Gasteiger partial charge in [-0.2, -0.15) is 18.0 Å². The minimum Gasteiger partial charge on any atom is -0.377 e. The van der Waals surface area contributed by atoms with E-state index in [1.165, 1.54) is 6.07 Å². The van der Waals surface area contributed by atoms with Crippen molar-refractivity contribution >= 4 is 15.7 Å². The molecule has 0 radical (unpaired) electrons. The summed E-state index contributed by atoms with van der Waals surface area (Å²) in [6.07, 6.45) is -2.77. The van der Waals surface area contributed by atoms with E-state index in [0.29, 0.717) is 16.0 Å². The number of benzene rings is 1. The first-order chi connectivity index (χ1) is 12.1. The topological polar surface area (TPSA) is 102 Å². The van der Waals surface area contributed by atoms with Crippen molar-refractivity contribution in [3.8, 4) is 0 Å². The van der Waals surface area contributed by atoms with E-state index in [4.69, 9.17) is 0 Å². The molecule has 0 atom stereocenters. The van der Waals surface area contributed by atoms with Gasteiger partial charge in [-0.1, -0.05) is 6.07 Å². The van der Waals surface area contributed by atoms with Gasteiger partial charge in [-0.3, -0.25) is 0 Å². The number of halogens is 3. The zero-order valence-corrected chi connectivity index (χ0v) is 14.6. The monoisotopic (exact) mass is 390 g/mol. The Morgan fingerprint density at radius 3 is 2.69 bits per heavy atom. The lowest BCUT2D eigenvalue weighted by Crippen LogP contribution is -2.26. The molecule has 1 heterocycles. The fourth-order valence-corrected chi connectivity index (χ4v) is 3.90. The van der Waals surface area contributed by atoms with Gasteiger partial charge in [-0.15, -0.1) is 10.2 Å². The second-order valence-electron chi connectivity index (χ2n) is 6.03. The minimum atomic E-state index is -4.43. The minimum absolute atomic E-state index is 0.0103. The van der Waals surface area contributed by atoms with Crippen molar-refractivity contribution in [2.45, 2.75) is 50.0 Å². The highest BCUT2D eigenvalue weighted by Crippen LogP contribution is 2.27. The van der Waals surface area contributed by atoms with Crippen LogP contribution in [0.2, 0.25) is 0 Å². The maximum absolute atomic E-state index is 12.4. The maximum atomic E-state index is 12.4. The first kappa shape index (κ1) is 18.6. The van der Waals surface area contributed by atoms with Crippen molar-refractivity contribution in [1.82, 2.24) is 24.9 Å². The van der Waals surface area contributed by atoms with Crippen LogP contribution in [0.3, 0.4) is 0 Å². The second-order valence-corrected chi connectivity index (χ2v) is 7.71. The van der Waals surface area contributed by atoms with Crippen LogP contribution >= 0.6 is 0 Å². The first-order valence-corrected chi connectivity index (χ1v) is 9.31. The Kier molecular flexibility index (Phi) is 4.88. The summed E-state index contributed by atoms with van der Waals surface area (Å²) in [6.45, 7) is 0.343. The van der Waals surface area contributed by atoms with Crippen LogP contribution < -0.4 is 10.0 Å². The number of nitrogens with zero attached hydrogens (tertiary/aromatic N) is 4. The molecule has 1 aliphatic rings. The predicted molar refractivity (Wildman–Crippen MR) is 85.7 cm³/mol. The van der Waals surface area contributed by atoms with E-state index in [0.717, 1.165) is 12.8 Å². The van der Waals surface area contributed by atoms with E-state index < -0.39 is 22.7 Å². The van der Waals surface area contributed by atoms with Gasteiger partial charge < -0.3 is 5.32 Å². The molecule has 0 unspecified atom stereocenters. The molecule has 0 saturated heterocycles. The number of rotatable bonds is 7. The van der Waals surface area contributed by atoms with E-state index in [2.05, 4.69) is 25.4 Å². The molecule has 1 fully saturated rings. The fraction of sp³-hybridized carbons (Fsp3) is 0.500. The lowest BCUT2D eigenvalue weighted by atomic mass is 10.2. The molecule has 0 spiro atoms. The molecule has 1 aromatic carbocycles. The molecule has 1 aromatic heterocycles. The lowest BCUT2D eigenvalue weighted by molar-refractivity contribution is -0.145. The Balaban J connectivity index is 1.70. The van der Waals surface area contributed by atoms with Gasteiger partial charge in [0.15, 0.2) is 12.4 Å². The van der Waals surface area contributed by atoms with Gasteiger partial charge in [-0.05, 0) is 42.7 Å². The summed E-state index contributed by atoms with van der Waals surface area (Å²) in [5.74, 6) is 0.0676. The van der Waals surface area contributed by atoms with E-state index in [9.17, 15) is 21.6 Å². The van der Waals surface area contributed by atoms with E-state index >= 15 is 0 Å². The third-order valence-corrected chi connectivity index (χ3v) is 5.39. The molecule has 0 bridgehead atoms. The molecule has 1 saturated carbocycles. The molecular weight excluding hydrogens is 373 g/mol. The van der Waals surface area contributed by atoms with Gasteiger partial charge in [0.2, 0.25) is 10.0 Å². The van der Waals surface area contributed by atoms with E-state index in [-0.39, 0.29) is 23.3 Å². The summed E-state index contributed by atoms with van der Waals surface area (Å²) in [4.78, 5) is 0.618. The summed E-state index contributed by atoms with van der Waals surface area (Å²) in [5.41, 5.74) is 1.03. The van der Waals surface area contributed by atoms with Crippen LogP contribution in [-0.2, 0) is 23.1 Å². The average molecular weight is 390 g/mol. The second kappa shape index (κ2) is 6.83.